The summed E-state index contributed by atoms with van der Waals surface area (Å²) in [4.78, 5) is 0. The molecule has 11 aromatic rings. The predicted molar refractivity (Wildman–Crippen MR) is 204 cm³/mol. The van der Waals surface area contributed by atoms with Crippen LogP contribution in [0.2, 0.25) is 0 Å². The van der Waals surface area contributed by atoms with E-state index in [4.69, 9.17) is 8.83 Å². The molecule has 3 nitrogen and oxygen atoms in total. The molecule has 49 heavy (non-hydrogen) atoms. The van der Waals surface area contributed by atoms with Crippen LogP contribution in [0.1, 0.15) is 0 Å². The standard InChI is InChI=1S/C46H27NO2/c1-2-11-30(12-3-1)47-38-19-9-8-13-31(38)32-23-21-29(27-39(32)47)42-33-14-4-6-16-35(33)43(36-17-7-5-15-34(36)42)37-18-10-20-40-44(37)45-41(49-40)24-22-28-25-26-48-46(28)45/h1-27H. The number of aromatic nitrogens is 1. The van der Waals surface area contributed by atoms with Gasteiger partial charge in [-0.1, -0.05) is 109 Å². The van der Waals surface area contributed by atoms with Gasteiger partial charge >= 0.3 is 0 Å². The second-order valence-corrected chi connectivity index (χ2v) is 12.8. The van der Waals surface area contributed by atoms with Gasteiger partial charge in [-0.15, -0.1) is 0 Å². The zero-order chi connectivity index (χ0) is 32.1. The van der Waals surface area contributed by atoms with Gasteiger partial charge in [-0.3, -0.25) is 0 Å². The van der Waals surface area contributed by atoms with Crippen LogP contribution in [0.4, 0.5) is 0 Å². The molecule has 11 rings (SSSR count). The lowest BCUT2D eigenvalue weighted by molar-refractivity contribution is 0.618. The molecule has 0 aliphatic carbocycles. The van der Waals surface area contributed by atoms with E-state index in [2.05, 4.69) is 156 Å². The molecule has 3 heteroatoms. The van der Waals surface area contributed by atoms with E-state index in [0.717, 1.165) is 44.2 Å². The number of hydrogen-bond donors (Lipinski definition) is 0. The first kappa shape index (κ1) is 26.5. The summed E-state index contributed by atoms with van der Waals surface area (Å²) in [6.07, 6.45) is 1.76. The molecule has 228 valence electrons. The molecule has 0 saturated heterocycles. The predicted octanol–water partition coefficient (Wildman–Crippen LogP) is 13.1. The van der Waals surface area contributed by atoms with Gasteiger partial charge in [0.15, 0.2) is 0 Å². The molecule has 0 aliphatic rings. The molecule has 0 N–H and O–H groups in total. The Kier molecular flexibility index (Phi) is 5.38. The Morgan fingerprint density at radius 3 is 1.86 bits per heavy atom. The summed E-state index contributed by atoms with van der Waals surface area (Å²) in [7, 11) is 0. The van der Waals surface area contributed by atoms with Crippen LogP contribution < -0.4 is 0 Å². The highest BCUT2D eigenvalue weighted by molar-refractivity contribution is 6.28. The minimum Gasteiger partial charge on any atom is -0.464 e. The van der Waals surface area contributed by atoms with Crippen LogP contribution >= 0.6 is 0 Å². The highest BCUT2D eigenvalue weighted by Crippen LogP contribution is 2.48. The lowest BCUT2D eigenvalue weighted by atomic mass is 9.84. The van der Waals surface area contributed by atoms with Crippen molar-refractivity contribution in [1.82, 2.24) is 4.57 Å². The molecular formula is C46H27NO2. The van der Waals surface area contributed by atoms with Crippen molar-refractivity contribution in [3.63, 3.8) is 0 Å². The topological polar surface area (TPSA) is 31.2 Å². The maximum absolute atomic E-state index is 6.46. The molecule has 3 aromatic heterocycles. The fourth-order valence-electron chi connectivity index (χ4n) is 8.25. The molecule has 0 amide bonds. The molecule has 0 atom stereocenters. The van der Waals surface area contributed by atoms with Crippen molar-refractivity contribution in [2.24, 2.45) is 0 Å². The van der Waals surface area contributed by atoms with Gasteiger partial charge < -0.3 is 13.4 Å². The zero-order valence-electron chi connectivity index (χ0n) is 26.4. The molecule has 0 radical (unpaired) electrons. The molecule has 3 heterocycles. The van der Waals surface area contributed by atoms with Crippen LogP contribution in [-0.2, 0) is 0 Å². The zero-order valence-corrected chi connectivity index (χ0v) is 26.4. The fraction of sp³-hybridized carbons (Fsp3) is 0. The van der Waals surface area contributed by atoms with E-state index in [1.165, 1.54) is 60.0 Å². The number of hydrogen-bond acceptors (Lipinski definition) is 2. The summed E-state index contributed by atoms with van der Waals surface area (Å²) in [5.41, 5.74) is 10.9. The molecule has 0 spiro atoms. The van der Waals surface area contributed by atoms with Gasteiger partial charge in [0.2, 0.25) is 0 Å². The van der Waals surface area contributed by atoms with E-state index < -0.39 is 0 Å². The third-order valence-corrected chi connectivity index (χ3v) is 10.3. The first-order chi connectivity index (χ1) is 24.3. The highest BCUT2D eigenvalue weighted by atomic mass is 16.3. The number of furan rings is 2. The Morgan fingerprint density at radius 2 is 1.08 bits per heavy atom. The van der Waals surface area contributed by atoms with Crippen molar-refractivity contribution in [3.8, 4) is 27.9 Å². The van der Waals surface area contributed by atoms with Crippen molar-refractivity contribution in [2.75, 3.05) is 0 Å². The second-order valence-electron chi connectivity index (χ2n) is 12.8. The van der Waals surface area contributed by atoms with Crippen LogP contribution in [-0.4, -0.2) is 4.57 Å². The van der Waals surface area contributed by atoms with E-state index in [1.807, 2.05) is 6.07 Å². The van der Waals surface area contributed by atoms with Crippen molar-refractivity contribution >= 4 is 76.3 Å². The Balaban J connectivity index is 1.26. The lowest BCUT2D eigenvalue weighted by Gasteiger charge is -2.18. The summed E-state index contributed by atoms with van der Waals surface area (Å²) in [6, 6.07) is 56.6. The maximum atomic E-state index is 6.46. The van der Waals surface area contributed by atoms with E-state index in [1.54, 1.807) is 6.26 Å². The van der Waals surface area contributed by atoms with Gasteiger partial charge in [-0.2, -0.15) is 0 Å². The van der Waals surface area contributed by atoms with Crippen LogP contribution in [0, 0.1) is 0 Å². The third kappa shape index (κ3) is 3.67. The number of fused-ring (bicyclic) bond motifs is 10. The summed E-state index contributed by atoms with van der Waals surface area (Å²) in [5.74, 6) is 0. The van der Waals surface area contributed by atoms with Crippen molar-refractivity contribution < 1.29 is 8.83 Å². The third-order valence-electron chi connectivity index (χ3n) is 10.3. The van der Waals surface area contributed by atoms with Gasteiger partial charge in [0.1, 0.15) is 16.7 Å². The molecule has 0 saturated carbocycles. The molecule has 8 aromatic carbocycles. The van der Waals surface area contributed by atoms with Crippen LogP contribution in [0.15, 0.2) is 173 Å². The van der Waals surface area contributed by atoms with Gasteiger partial charge in [-0.05, 0) is 92.3 Å². The fourth-order valence-corrected chi connectivity index (χ4v) is 8.25. The lowest BCUT2D eigenvalue weighted by Crippen LogP contribution is -1.94. The summed E-state index contributed by atoms with van der Waals surface area (Å²) < 4.78 is 14.9. The maximum Gasteiger partial charge on any atom is 0.145 e. The summed E-state index contributed by atoms with van der Waals surface area (Å²) >= 11 is 0. The Morgan fingerprint density at radius 1 is 0.429 bits per heavy atom. The number of nitrogens with zero attached hydrogens (tertiary/aromatic N) is 1. The van der Waals surface area contributed by atoms with Crippen LogP contribution in [0.3, 0.4) is 0 Å². The second kappa shape index (κ2) is 9.96. The van der Waals surface area contributed by atoms with Gasteiger partial charge in [0.25, 0.3) is 0 Å². The van der Waals surface area contributed by atoms with Gasteiger partial charge in [0.05, 0.1) is 22.7 Å². The SMILES string of the molecule is c1ccc(-n2c3ccccc3c3ccc(-c4c5ccccc5c(-c5cccc6oc7ccc8ccoc8c7c56)c5ccccc45)cc32)cc1. The van der Waals surface area contributed by atoms with Gasteiger partial charge in [-0.25, -0.2) is 0 Å². The van der Waals surface area contributed by atoms with Crippen LogP contribution in [0.5, 0.6) is 0 Å². The molecule has 0 bridgehead atoms. The largest absolute Gasteiger partial charge is 0.464 e. The quantitative estimate of drug-likeness (QED) is 0.183. The number of rotatable bonds is 3. The number of benzene rings is 8. The Hall–Kier alpha value is -6.58. The number of para-hydroxylation sites is 2. The molecule has 0 fully saturated rings. The minimum atomic E-state index is 0.831. The van der Waals surface area contributed by atoms with Crippen molar-refractivity contribution in [2.45, 2.75) is 0 Å². The Bertz CT molecular complexity index is 3050. The molecular weight excluding hydrogens is 599 g/mol. The van der Waals surface area contributed by atoms with Crippen LogP contribution in [0.25, 0.3) is 104 Å². The monoisotopic (exact) mass is 625 g/mol. The van der Waals surface area contributed by atoms with E-state index >= 15 is 0 Å². The van der Waals surface area contributed by atoms with Crippen molar-refractivity contribution in [1.29, 1.82) is 0 Å². The van der Waals surface area contributed by atoms with Gasteiger partial charge in [0, 0.05) is 27.2 Å². The summed E-state index contributed by atoms with van der Waals surface area (Å²) in [5, 5.41) is 10.5. The van der Waals surface area contributed by atoms with E-state index in [9.17, 15) is 0 Å². The summed E-state index contributed by atoms with van der Waals surface area (Å²) in [6.45, 7) is 0. The van der Waals surface area contributed by atoms with E-state index in [-0.39, 0.29) is 0 Å². The van der Waals surface area contributed by atoms with Crippen molar-refractivity contribution in [3.05, 3.63) is 164 Å². The average molecular weight is 626 g/mol. The van der Waals surface area contributed by atoms with E-state index in [0.29, 0.717) is 0 Å². The normalized spacial score (nSPS) is 12.1. The molecule has 0 unspecified atom stereocenters. The first-order valence-corrected chi connectivity index (χ1v) is 16.7. The minimum absolute atomic E-state index is 0.831. The Labute approximate surface area is 280 Å². The average Bonchev–Trinajstić information content (AvgIpc) is 3.88. The molecule has 0 aliphatic heterocycles. The smallest absolute Gasteiger partial charge is 0.145 e. The highest BCUT2D eigenvalue weighted by Gasteiger charge is 2.22. The first-order valence-electron chi connectivity index (χ1n) is 16.7.